The van der Waals surface area contributed by atoms with E-state index < -0.39 is 33.5 Å². The van der Waals surface area contributed by atoms with Crippen LogP contribution in [0.1, 0.15) is 29.3 Å². The fraction of sp³-hybridized carbons (Fsp3) is 0.545. The third-order valence-corrected chi connectivity index (χ3v) is 4.22. The lowest BCUT2D eigenvalue weighted by Gasteiger charge is -2.03. The number of nitrogens with zero attached hydrogens (tertiary/aromatic N) is 4. The largest absolute Gasteiger partial charge is 0.377 e. The Morgan fingerprint density at radius 3 is 2.77 bits per heavy atom. The van der Waals surface area contributed by atoms with Gasteiger partial charge in [0, 0.05) is 20.2 Å². The van der Waals surface area contributed by atoms with Crippen LogP contribution in [0, 0.1) is 0 Å². The van der Waals surface area contributed by atoms with Crippen LogP contribution in [0.2, 0.25) is 0 Å². The van der Waals surface area contributed by atoms with Gasteiger partial charge in [0.05, 0.1) is 17.2 Å². The molecule has 0 saturated carbocycles. The van der Waals surface area contributed by atoms with Gasteiger partial charge in [0.25, 0.3) is 6.43 Å². The SMILES string of the molecule is COCc1cc(CS(=O)(=O)Cc2nnn(C)c2C(F)F)no1. The minimum absolute atomic E-state index is 0.159. The zero-order valence-corrected chi connectivity index (χ0v) is 12.7. The van der Waals surface area contributed by atoms with Crippen molar-refractivity contribution < 1.29 is 26.5 Å². The zero-order chi connectivity index (χ0) is 16.3. The second-order valence-electron chi connectivity index (χ2n) is 4.60. The fourth-order valence-electron chi connectivity index (χ4n) is 1.90. The van der Waals surface area contributed by atoms with Gasteiger partial charge in [0.1, 0.15) is 18.0 Å². The number of aryl methyl sites for hydroxylation is 1. The van der Waals surface area contributed by atoms with Gasteiger partial charge < -0.3 is 9.26 Å². The predicted octanol–water partition coefficient (Wildman–Crippen LogP) is 1.00. The first-order valence-corrected chi connectivity index (χ1v) is 7.95. The van der Waals surface area contributed by atoms with Gasteiger partial charge in [0.15, 0.2) is 15.6 Å². The van der Waals surface area contributed by atoms with E-state index >= 15 is 0 Å². The highest BCUT2D eigenvalue weighted by atomic mass is 32.2. The first-order chi connectivity index (χ1) is 10.3. The van der Waals surface area contributed by atoms with Crippen molar-refractivity contribution in [3.63, 3.8) is 0 Å². The van der Waals surface area contributed by atoms with Gasteiger partial charge in [0.2, 0.25) is 0 Å². The summed E-state index contributed by atoms with van der Waals surface area (Å²) in [5.41, 5.74) is -0.601. The lowest BCUT2D eigenvalue weighted by molar-refractivity contribution is 0.140. The Morgan fingerprint density at radius 2 is 2.14 bits per heavy atom. The van der Waals surface area contributed by atoms with E-state index in [0.717, 1.165) is 4.68 Å². The third kappa shape index (κ3) is 3.85. The maximum atomic E-state index is 12.9. The minimum Gasteiger partial charge on any atom is -0.377 e. The smallest absolute Gasteiger partial charge is 0.281 e. The number of ether oxygens (including phenoxy) is 1. The lowest BCUT2D eigenvalue weighted by Crippen LogP contribution is -2.10. The van der Waals surface area contributed by atoms with E-state index in [1.807, 2.05) is 0 Å². The van der Waals surface area contributed by atoms with Crippen LogP contribution >= 0.6 is 0 Å². The standard InChI is InChI=1S/C11H14F2N4O4S/c1-17-10(11(12)13)9(14-16-17)6-22(18,19)5-7-3-8(4-20-2)21-15-7/h3,11H,4-6H2,1-2H3. The van der Waals surface area contributed by atoms with Crippen molar-refractivity contribution in [3.05, 3.63) is 28.9 Å². The normalized spacial score (nSPS) is 12.2. The molecular weight excluding hydrogens is 322 g/mol. The number of hydrogen-bond donors (Lipinski definition) is 0. The van der Waals surface area contributed by atoms with Crippen molar-refractivity contribution in [2.24, 2.45) is 7.05 Å². The first-order valence-electron chi connectivity index (χ1n) is 6.13. The monoisotopic (exact) mass is 336 g/mol. The predicted molar refractivity (Wildman–Crippen MR) is 69.5 cm³/mol. The lowest BCUT2D eigenvalue weighted by atomic mass is 10.3. The Bertz CT molecular complexity index is 741. The number of sulfone groups is 1. The summed E-state index contributed by atoms with van der Waals surface area (Å²) in [6.45, 7) is 0.159. The molecule has 2 aromatic heterocycles. The van der Waals surface area contributed by atoms with Gasteiger partial charge >= 0.3 is 0 Å². The molecule has 0 aliphatic carbocycles. The molecule has 0 aliphatic rings. The maximum absolute atomic E-state index is 12.9. The van der Waals surface area contributed by atoms with Crippen molar-refractivity contribution in [2.75, 3.05) is 7.11 Å². The van der Waals surface area contributed by atoms with Crippen LogP contribution in [-0.4, -0.2) is 35.7 Å². The van der Waals surface area contributed by atoms with E-state index in [0.29, 0.717) is 5.76 Å². The molecule has 0 saturated heterocycles. The summed E-state index contributed by atoms with van der Waals surface area (Å²) in [4.78, 5) is 0. The van der Waals surface area contributed by atoms with Crippen LogP contribution in [0.4, 0.5) is 8.78 Å². The Hall–Kier alpha value is -1.88. The molecule has 0 amide bonds. The average molecular weight is 336 g/mol. The Balaban J connectivity index is 2.14. The van der Waals surface area contributed by atoms with E-state index in [1.165, 1.54) is 20.2 Å². The van der Waals surface area contributed by atoms with Crippen molar-refractivity contribution in [2.45, 2.75) is 24.5 Å². The van der Waals surface area contributed by atoms with Crippen LogP contribution in [-0.2, 0) is 39.7 Å². The summed E-state index contributed by atoms with van der Waals surface area (Å²) < 4.78 is 60.5. The van der Waals surface area contributed by atoms with Gasteiger partial charge in [-0.15, -0.1) is 5.10 Å². The van der Waals surface area contributed by atoms with Crippen molar-refractivity contribution in [3.8, 4) is 0 Å². The number of aromatic nitrogens is 4. The van der Waals surface area contributed by atoms with Crippen LogP contribution in [0.3, 0.4) is 0 Å². The molecule has 0 aliphatic heterocycles. The zero-order valence-electron chi connectivity index (χ0n) is 11.9. The van der Waals surface area contributed by atoms with Gasteiger partial charge in [-0.25, -0.2) is 21.9 Å². The molecule has 2 heterocycles. The first kappa shape index (κ1) is 16.5. The molecule has 8 nitrogen and oxygen atoms in total. The second-order valence-corrected chi connectivity index (χ2v) is 6.66. The van der Waals surface area contributed by atoms with Crippen LogP contribution < -0.4 is 0 Å². The molecule has 0 bridgehead atoms. The van der Waals surface area contributed by atoms with E-state index in [2.05, 4.69) is 15.5 Å². The van der Waals surface area contributed by atoms with E-state index in [9.17, 15) is 17.2 Å². The summed E-state index contributed by atoms with van der Waals surface area (Å²) >= 11 is 0. The Labute approximate surface area is 125 Å². The molecule has 22 heavy (non-hydrogen) atoms. The van der Waals surface area contributed by atoms with Gasteiger partial charge in [-0.1, -0.05) is 10.4 Å². The molecule has 122 valence electrons. The van der Waals surface area contributed by atoms with Gasteiger partial charge in [-0.05, 0) is 0 Å². The fourth-order valence-corrected chi connectivity index (χ4v) is 3.21. The summed E-state index contributed by atoms with van der Waals surface area (Å²) in [5.74, 6) is -0.715. The number of methoxy groups -OCH3 is 1. The Morgan fingerprint density at radius 1 is 1.41 bits per heavy atom. The van der Waals surface area contributed by atoms with E-state index in [-0.39, 0.29) is 18.0 Å². The molecular formula is C11H14F2N4O4S. The van der Waals surface area contributed by atoms with Crippen molar-refractivity contribution >= 4 is 9.84 Å². The summed E-state index contributed by atoms with van der Waals surface area (Å²) in [5, 5.41) is 10.5. The maximum Gasteiger partial charge on any atom is 0.281 e. The average Bonchev–Trinajstić information content (AvgIpc) is 2.96. The molecule has 0 spiro atoms. The third-order valence-electron chi connectivity index (χ3n) is 2.77. The quantitative estimate of drug-likeness (QED) is 0.743. The highest BCUT2D eigenvalue weighted by molar-refractivity contribution is 7.89. The molecule has 0 atom stereocenters. The Kier molecular flexibility index (Phi) is 4.86. The molecule has 0 radical (unpaired) electrons. The molecule has 2 aromatic rings. The molecule has 0 N–H and O–H groups in total. The van der Waals surface area contributed by atoms with Gasteiger partial charge in [-0.2, -0.15) is 0 Å². The summed E-state index contributed by atoms with van der Waals surface area (Å²) in [7, 11) is -1.01. The number of hydrogen-bond acceptors (Lipinski definition) is 7. The van der Waals surface area contributed by atoms with Gasteiger partial charge in [-0.3, -0.25) is 0 Å². The second kappa shape index (κ2) is 6.48. The minimum atomic E-state index is -3.74. The van der Waals surface area contributed by atoms with Crippen molar-refractivity contribution in [1.82, 2.24) is 20.2 Å². The number of halogens is 2. The number of rotatable bonds is 7. The summed E-state index contributed by atoms with van der Waals surface area (Å²) in [6.07, 6.45) is -2.86. The van der Waals surface area contributed by atoms with Crippen LogP contribution in [0.15, 0.2) is 10.6 Å². The van der Waals surface area contributed by atoms with E-state index in [1.54, 1.807) is 0 Å². The van der Waals surface area contributed by atoms with E-state index in [4.69, 9.17) is 9.26 Å². The highest BCUT2D eigenvalue weighted by Gasteiger charge is 2.25. The van der Waals surface area contributed by atoms with Crippen LogP contribution in [0.5, 0.6) is 0 Å². The molecule has 2 rings (SSSR count). The molecule has 0 fully saturated rings. The topological polar surface area (TPSA) is 100 Å². The summed E-state index contributed by atoms with van der Waals surface area (Å²) in [6, 6.07) is 1.44. The molecule has 0 aromatic carbocycles. The van der Waals surface area contributed by atoms with Crippen molar-refractivity contribution in [1.29, 1.82) is 0 Å². The highest BCUT2D eigenvalue weighted by Crippen LogP contribution is 2.23. The molecule has 11 heteroatoms. The van der Waals surface area contributed by atoms with Crippen LogP contribution in [0.25, 0.3) is 0 Å². The number of alkyl halides is 2. The molecule has 0 unspecified atom stereocenters.